The third-order valence-electron chi connectivity index (χ3n) is 5.61. The topological polar surface area (TPSA) is 34.0 Å². The van der Waals surface area contributed by atoms with E-state index in [1.807, 2.05) is 12.2 Å². The number of hydrogen-bond donors (Lipinski definition) is 0. The number of halogens is 2. The zero-order chi connectivity index (χ0) is 19.8. The van der Waals surface area contributed by atoms with E-state index in [0.717, 1.165) is 43.6 Å². The number of piperidine rings is 1. The number of nitrogens with zero attached hydrogens (tertiary/aromatic N) is 4. The van der Waals surface area contributed by atoms with Gasteiger partial charge in [-0.05, 0) is 64.5 Å². The molecule has 6 heteroatoms. The van der Waals surface area contributed by atoms with E-state index in [9.17, 15) is 8.78 Å². The van der Waals surface area contributed by atoms with Gasteiger partial charge in [0.1, 0.15) is 0 Å². The van der Waals surface area contributed by atoms with Crippen LogP contribution in [0, 0.1) is 25.5 Å². The summed E-state index contributed by atoms with van der Waals surface area (Å²) < 4.78 is 29.2. The van der Waals surface area contributed by atoms with Gasteiger partial charge >= 0.3 is 0 Å². The van der Waals surface area contributed by atoms with Crippen molar-refractivity contribution >= 4 is 23.2 Å². The van der Waals surface area contributed by atoms with Crippen molar-refractivity contribution in [2.45, 2.75) is 32.7 Å². The van der Waals surface area contributed by atoms with Gasteiger partial charge in [0.05, 0.1) is 22.9 Å². The Morgan fingerprint density at radius 2 is 1.68 bits per heavy atom. The molecule has 4 nitrogen and oxygen atoms in total. The molecule has 146 valence electrons. The predicted molar refractivity (Wildman–Crippen MR) is 108 cm³/mol. The molecule has 4 rings (SSSR count). The molecule has 3 heterocycles. The summed E-state index contributed by atoms with van der Waals surface area (Å²) in [5, 5.41) is 0. The monoisotopic (exact) mass is 382 g/mol. The number of fused-ring (bicyclic) bond motifs is 1. The largest absolute Gasteiger partial charge is 0.345 e. The van der Waals surface area contributed by atoms with Gasteiger partial charge in [-0.3, -0.25) is 4.98 Å². The summed E-state index contributed by atoms with van der Waals surface area (Å²) in [5.74, 6) is -1.82. The molecule has 2 aromatic heterocycles. The molecule has 1 aromatic carbocycles. The van der Waals surface area contributed by atoms with Gasteiger partial charge in [-0.25, -0.2) is 13.8 Å². The van der Waals surface area contributed by atoms with E-state index in [2.05, 4.69) is 46.4 Å². The average Bonchev–Trinajstić information content (AvgIpc) is 2.95. The minimum absolute atomic E-state index is 0.344. The minimum Gasteiger partial charge on any atom is -0.345 e. The summed E-state index contributed by atoms with van der Waals surface area (Å²) >= 11 is 0. The Morgan fingerprint density at radius 3 is 2.39 bits per heavy atom. The van der Waals surface area contributed by atoms with E-state index in [-0.39, 0.29) is 0 Å². The number of likely N-dealkylation sites (tertiary alicyclic amines) is 1. The number of rotatable bonds is 3. The molecule has 28 heavy (non-hydrogen) atoms. The molecule has 0 bridgehead atoms. The van der Waals surface area contributed by atoms with Crippen LogP contribution < -0.4 is 0 Å². The van der Waals surface area contributed by atoms with Crippen LogP contribution in [0.25, 0.3) is 23.2 Å². The Morgan fingerprint density at radius 1 is 1.00 bits per heavy atom. The van der Waals surface area contributed by atoms with Gasteiger partial charge in [-0.15, -0.1) is 0 Å². The minimum atomic E-state index is -0.912. The molecule has 0 saturated carbocycles. The number of hydrogen-bond acceptors (Lipinski definition) is 3. The predicted octanol–water partition coefficient (Wildman–Crippen LogP) is 4.76. The first-order chi connectivity index (χ1) is 13.4. The fourth-order valence-electron chi connectivity index (χ4n) is 4.06. The van der Waals surface area contributed by atoms with Crippen molar-refractivity contribution in [3.63, 3.8) is 0 Å². The Hall–Kier alpha value is -2.60. The highest BCUT2D eigenvalue weighted by molar-refractivity contribution is 5.77. The number of aromatic nitrogens is 3. The van der Waals surface area contributed by atoms with Crippen molar-refractivity contribution in [3.8, 4) is 0 Å². The molecule has 1 fully saturated rings. The summed E-state index contributed by atoms with van der Waals surface area (Å²) in [4.78, 5) is 10.9. The van der Waals surface area contributed by atoms with E-state index < -0.39 is 11.6 Å². The Kier molecular flexibility index (Phi) is 4.98. The molecule has 1 saturated heterocycles. The lowest BCUT2D eigenvalue weighted by Crippen LogP contribution is -2.32. The van der Waals surface area contributed by atoms with Crippen LogP contribution in [0.15, 0.2) is 24.4 Å². The molecule has 1 aliphatic rings. The summed E-state index contributed by atoms with van der Waals surface area (Å²) in [6, 6.07) is 4.88. The Bertz CT molecular complexity index is 1050. The molecule has 0 spiro atoms. The summed E-state index contributed by atoms with van der Waals surface area (Å²) in [6.45, 7) is 6.54. The van der Waals surface area contributed by atoms with E-state index in [1.54, 1.807) is 6.20 Å². The first-order valence-electron chi connectivity index (χ1n) is 9.59. The van der Waals surface area contributed by atoms with Crippen LogP contribution in [0.1, 0.15) is 41.5 Å². The van der Waals surface area contributed by atoms with E-state index in [4.69, 9.17) is 0 Å². The van der Waals surface area contributed by atoms with Crippen LogP contribution in [0.3, 0.4) is 0 Å². The molecule has 0 N–H and O–H groups in total. The lowest BCUT2D eigenvalue weighted by atomic mass is 10.0. The van der Waals surface area contributed by atoms with Crippen LogP contribution in [0.5, 0.6) is 0 Å². The molecule has 0 radical (unpaired) electrons. The Balaban J connectivity index is 1.60. The fourth-order valence-corrected chi connectivity index (χ4v) is 4.06. The normalized spacial score (nSPS) is 16.5. The van der Waals surface area contributed by atoms with Gasteiger partial charge in [0.2, 0.25) is 0 Å². The second-order valence-corrected chi connectivity index (χ2v) is 7.61. The second kappa shape index (κ2) is 7.43. The SMILES string of the molecule is Cc1cc(/C=C/c2cnc3cc(F)c(F)cc3n2)c(C)n1C1CCN(C)CC1. The van der Waals surface area contributed by atoms with Crippen LogP contribution in [-0.2, 0) is 0 Å². The van der Waals surface area contributed by atoms with Gasteiger partial charge in [-0.1, -0.05) is 6.08 Å². The maximum atomic E-state index is 13.5. The van der Waals surface area contributed by atoms with Crippen LogP contribution in [0.4, 0.5) is 8.78 Å². The summed E-state index contributed by atoms with van der Waals surface area (Å²) in [6.07, 6.45) is 7.78. The quantitative estimate of drug-likeness (QED) is 0.655. The zero-order valence-corrected chi connectivity index (χ0v) is 16.4. The molecule has 3 aromatic rings. The summed E-state index contributed by atoms with van der Waals surface area (Å²) in [5.41, 5.74) is 4.94. The zero-order valence-electron chi connectivity index (χ0n) is 16.4. The van der Waals surface area contributed by atoms with Crippen molar-refractivity contribution in [1.29, 1.82) is 0 Å². The highest BCUT2D eigenvalue weighted by atomic mass is 19.2. The van der Waals surface area contributed by atoms with E-state index in [1.165, 1.54) is 11.4 Å². The molecule has 0 aliphatic carbocycles. The van der Waals surface area contributed by atoms with Crippen molar-refractivity contribution in [2.24, 2.45) is 0 Å². The second-order valence-electron chi connectivity index (χ2n) is 7.61. The molecule has 1 aliphatic heterocycles. The summed E-state index contributed by atoms with van der Waals surface area (Å²) in [7, 11) is 2.17. The maximum Gasteiger partial charge on any atom is 0.161 e. The molecular formula is C22H24F2N4. The third-order valence-corrected chi connectivity index (χ3v) is 5.61. The van der Waals surface area contributed by atoms with Crippen molar-refractivity contribution in [2.75, 3.05) is 20.1 Å². The highest BCUT2D eigenvalue weighted by Crippen LogP contribution is 2.29. The fraction of sp³-hybridized carbons (Fsp3) is 0.364. The van der Waals surface area contributed by atoms with Gasteiger partial charge in [0, 0.05) is 29.6 Å². The van der Waals surface area contributed by atoms with Crippen LogP contribution in [0.2, 0.25) is 0 Å². The van der Waals surface area contributed by atoms with Crippen molar-refractivity contribution in [3.05, 3.63) is 58.7 Å². The van der Waals surface area contributed by atoms with Crippen LogP contribution >= 0.6 is 0 Å². The average molecular weight is 382 g/mol. The standard InChI is InChI=1S/C22H24F2N4/c1-14-10-16(15(2)28(14)18-6-8-27(3)9-7-18)4-5-17-13-25-21-11-19(23)20(24)12-22(21)26-17/h4-5,10-13,18H,6-9H2,1-3H3/b5-4+. The third kappa shape index (κ3) is 3.56. The van der Waals surface area contributed by atoms with Crippen molar-refractivity contribution in [1.82, 2.24) is 19.4 Å². The molecular weight excluding hydrogens is 358 g/mol. The Labute approximate surface area is 163 Å². The molecule has 0 atom stereocenters. The molecule has 0 unspecified atom stereocenters. The van der Waals surface area contributed by atoms with Gasteiger partial charge in [-0.2, -0.15) is 0 Å². The van der Waals surface area contributed by atoms with Crippen LogP contribution in [-0.4, -0.2) is 39.6 Å². The number of aryl methyl sites for hydroxylation is 1. The highest BCUT2D eigenvalue weighted by Gasteiger charge is 2.21. The first kappa shape index (κ1) is 18.7. The van der Waals surface area contributed by atoms with E-state index in [0.29, 0.717) is 22.8 Å². The van der Waals surface area contributed by atoms with Gasteiger partial charge in [0.15, 0.2) is 11.6 Å². The first-order valence-corrected chi connectivity index (χ1v) is 9.59. The van der Waals surface area contributed by atoms with E-state index >= 15 is 0 Å². The van der Waals surface area contributed by atoms with Gasteiger partial charge in [0.25, 0.3) is 0 Å². The van der Waals surface area contributed by atoms with Gasteiger partial charge < -0.3 is 9.47 Å². The molecule has 0 amide bonds. The van der Waals surface area contributed by atoms with Crippen molar-refractivity contribution < 1.29 is 8.78 Å². The lowest BCUT2D eigenvalue weighted by molar-refractivity contribution is 0.218. The number of benzene rings is 1. The smallest absolute Gasteiger partial charge is 0.161 e. The maximum absolute atomic E-state index is 13.5. The lowest BCUT2D eigenvalue weighted by Gasteiger charge is -2.31.